The van der Waals surface area contributed by atoms with E-state index in [2.05, 4.69) is 42.6 Å². The summed E-state index contributed by atoms with van der Waals surface area (Å²) in [6, 6.07) is 10.0. The second-order valence-corrected chi connectivity index (χ2v) is 8.13. The molecule has 4 heterocycles. The number of imidazole rings is 1. The topological polar surface area (TPSA) is 100 Å². The van der Waals surface area contributed by atoms with Crippen molar-refractivity contribution in [3.63, 3.8) is 0 Å². The van der Waals surface area contributed by atoms with Gasteiger partial charge >= 0.3 is 0 Å². The van der Waals surface area contributed by atoms with E-state index in [1.807, 2.05) is 31.3 Å². The number of nitrogens with one attached hydrogen (secondary N) is 3. The number of aromatic nitrogens is 4. The zero-order valence-electron chi connectivity index (χ0n) is 19.9. The van der Waals surface area contributed by atoms with Crippen molar-refractivity contribution in [3.8, 4) is 22.6 Å². The molecule has 3 aromatic heterocycles. The van der Waals surface area contributed by atoms with Crippen LogP contribution >= 0.6 is 12.4 Å². The lowest BCUT2D eigenvalue weighted by Crippen LogP contribution is -2.42. The van der Waals surface area contributed by atoms with Crippen molar-refractivity contribution in [1.82, 2.24) is 30.2 Å². The van der Waals surface area contributed by atoms with Gasteiger partial charge in [0.05, 0.1) is 25.4 Å². The van der Waals surface area contributed by atoms with Gasteiger partial charge in [0.15, 0.2) is 5.75 Å². The Morgan fingerprint density at radius 1 is 1.09 bits per heavy atom. The Bertz CT molecular complexity index is 1270. The first kappa shape index (κ1) is 24.7. The number of hydrogen-bond donors (Lipinski definition) is 3. The van der Waals surface area contributed by atoms with Gasteiger partial charge in [-0.1, -0.05) is 0 Å². The van der Waals surface area contributed by atoms with Crippen LogP contribution in [0.3, 0.4) is 0 Å². The van der Waals surface area contributed by atoms with E-state index in [9.17, 15) is 0 Å². The molecule has 0 atom stereocenters. The molecule has 0 bridgehead atoms. The van der Waals surface area contributed by atoms with Crippen molar-refractivity contribution in [2.75, 3.05) is 45.2 Å². The van der Waals surface area contributed by atoms with E-state index in [1.54, 1.807) is 19.5 Å². The Hall–Kier alpha value is -3.40. The standard InChI is InChI=1S/C25H29N7O2.ClH/c1-3-34-24-19(18-7-8-27-15-21(18)33-2)4-5-20-23(24)31-25(29-20)30-22-14-17(6-9-28-22)16-32-12-10-26-11-13-32;/h4-9,14-15,26H,3,10-13,16H2,1-2H3,(H2,28,29,30,31);1H. The second kappa shape index (κ2) is 11.4. The largest absolute Gasteiger partial charge is 0.494 e. The number of hydrogen-bond acceptors (Lipinski definition) is 8. The molecule has 1 fully saturated rings. The number of pyridine rings is 2. The van der Waals surface area contributed by atoms with Gasteiger partial charge in [0, 0.05) is 56.2 Å². The van der Waals surface area contributed by atoms with Gasteiger partial charge in [-0.15, -0.1) is 12.4 Å². The molecule has 0 spiro atoms. The van der Waals surface area contributed by atoms with Crippen LogP contribution in [-0.4, -0.2) is 64.7 Å². The van der Waals surface area contributed by atoms with Crippen LogP contribution in [0.5, 0.6) is 11.5 Å². The maximum absolute atomic E-state index is 6.07. The SMILES string of the molecule is CCOc1c(-c2ccncc2OC)ccc2nc(Nc3cc(CN4CCNCC4)ccn3)[nH]c12.Cl. The highest BCUT2D eigenvalue weighted by Crippen LogP contribution is 2.40. The van der Waals surface area contributed by atoms with E-state index >= 15 is 0 Å². The lowest BCUT2D eigenvalue weighted by atomic mass is 10.0. The molecule has 9 nitrogen and oxygen atoms in total. The Balaban J connectivity index is 0.00000289. The Morgan fingerprint density at radius 3 is 2.74 bits per heavy atom. The minimum atomic E-state index is 0. The van der Waals surface area contributed by atoms with Gasteiger partial charge in [-0.2, -0.15) is 0 Å². The first-order valence-electron chi connectivity index (χ1n) is 11.5. The molecule has 35 heavy (non-hydrogen) atoms. The lowest BCUT2D eigenvalue weighted by Gasteiger charge is -2.27. The number of ether oxygens (including phenoxy) is 2. The van der Waals surface area contributed by atoms with E-state index < -0.39 is 0 Å². The summed E-state index contributed by atoms with van der Waals surface area (Å²) in [5.74, 6) is 2.78. The average molecular weight is 496 g/mol. The monoisotopic (exact) mass is 495 g/mol. The molecule has 0 radical (unpaired) electrons. The Morgan fingerprint density at radius 2 is 1.94 bits per heavy atom. The van der Waals surface area contributed by atoms with E-state index in [4.69, 9.17) is 14.5 Å². The maximum atomic E-state index is 6.07. The van der Waals surface area contributed by atoms with Crippen molar-refractivity contribution in [3.05, 3.63) is 54.5 Å². The number of anilines is 2. The van der Waals surface area contributed by atoms with Crippen LogP contribution in [0, 0.1) is 0 Å². The predicted octanol–water partition coefficient (Wildman–Crippen LogP) is 4.00. The minimum absolute atomic E-state index is 0. The van der Waals surface area contributed by atoms with Crippen LogP contribution < -0.4 is 20.1 Å². The summed E-state index contributed by atoms with van der Waals surface area (Å²) in [4.78, 5) is 19.2. The molecule has 0 amide bonds. The molecule has 0 unspecified atom stereocenters. The predicted molar refractivity (Wildman–Crippen MR) is 140 cm³/mol. The van der Waals surface area contributed by atoms with Gasteiger partial charge in [0.1, 0.15) is 17.1 Å². The molecule has 184 valence electrons. The van der Waals surface area contributed by atoms with Crippen molar-refractivity contribution < 1.29 is 9.47 Å². The summed E-state index contributed by atoms with van der Waals surface area (Å²) in [6.07, 6.45) is 5.28. The molecule has 10 heteroatoms. The summed E-state index contributed by atoms with van der Waals surface area (Å²) in [5, 5.41) is 6.72. The van der Waals surface area contributed by atoms with E-state index in [1.165, 1.54) is 5.56 Å². The first-order chi connectivity index (χ1) is 16.7. The zero-order chi connectivity index (χ0) is 23.3. The second-order valence-electron chi connectivity index (χ2n) is 8.13. The highest BCUT2D eigenvalue weighted by atomic mass is 35.5. The third kappa shape index (κ3) is 5.48. The van der Waals surface area contributed by atoms with Crippen molar-refractivity contribution in [1.29, 1.82) is 0 Å². The number of benzene rings is 1. The third-order valence-corrected chi connectivity index (χ3v) is 5.88. The van der Waals surface area contributed by atoms with Crippen molar-refractivity contribution in [2.45, 2.75) is 13.5 Å². The van der Waals surface area contributed by atoms with E-state index in [0.717, 1.165) is 66.5 Å². The molecule has 5 rings (SSSR count). The fourth-order valence-corrected chi connectivity index (χ4v) is 4.27. The summed E-state index contributed by atoms with van der Waals surface area (Å²) < 4.78 is 11.6. The maximum Gasteiger partial charge on any atom is 0.206 e. The van der Waals surface area contributed by atoms with Crippen molar-refractivity contribution in [2.24, 2.45) is 0 Å². The minimum Gasteiger partial charge on any atom is -0.494 e. The quantitative estimate of drug-likeness (QED) is 0.337. The van der Waals surface area contributed by atoms with Crippen LogP contribution in [0.4, 0.5) is 11.8 Å². The molecule has 3 N–H and O–H groups in total. The van der Waals surface area contributed by atoms with E-state index in [0.29, 0.717) is 18.3 Å². The summed E-state index contributed by atoms with van der Waals surface area (Å²) in [6.45, 7) is 7.57. The fraction of sp³-hybridized carbons (Fsp3) is 0.320. The first-order valence-corrected chi connectivity index (χ1v) is 11.5. The fourth-order valence-electron chi connectivity index (χ4n) is 4.27. The Labute approximate surface area is 210 Å². The molecular formula is C25H30ClN7O2. The highest BCUT2D eigenvalue weighted by Gasteiger charge is 2.18. The van der Waals surface area contributed by atoms with Gasteiger partial charge in [-0.25, -0.2) is 9.97 Å². The third-order valence-electron chi connectivity index (χ3n) is 5.88. The van der Waals surface area contributed by atoms with Crippen LogP contribution in [0.1, 0.15) is 12.5 Å². The highest BCUT2D eigenvalue weighted by molar-refractivity contribution is 5.93. The number of fused-ring (bicyclic) bond motifs is 1. The molecule has 1 aliphatic heterocycles. The average Bonchev–Trinajstić information content (AvgIpc) is 3.28. The lowest BCUT2D eigenvalue weighted by molar-refractivity contribution is 0.233. The molecule has 4 aromatic rings. The number of nitrogens with zero attached hydrogens (tertiary/aromatic N) is 4. The summed E-state index contributed by atoms with van der Waals surface area (Å²) >= 11 is 0. The van der Waals surface area contributed by atoms with Gasteiger partial charge in [-0.3, -0.25) is 9.88 Å². The normalized spacial score (nSPS) is 13.9. The molecular weight excluding hydrogens is 466 g/mol. The number of halogens is 1. The number of rotatable bonds is 8. The zero-order valence-corrected chi connectivity index (χ0v) is 20.7. The van der Waals surface area contributed by atoms with Gasteiger partial charge in [-0.05, 0) is 42.8 Å². The summed E-state index contributed by atoms with van der Waals surface area (Å²) in [7, 11) is 1.64. The smallest absolute Gasteiger partial charge is 0.206 e. The van der Waals surface area contributed by atoms with Gasteiger partial charge in [0.25, 0.3) is 0 Å². The van der Waals surface area contributed by atoms with Crippen LogP contribution in [0.2, 0.25) is 0 Å². The van der Waals surface area contributed by atoms with Crippen LogP contribution in [-0.2, 0) is 6.54 Å². The molecule has 1 aromatic carbocycles. The number of methoxy groups -OCH3 is 1. The Kier molecular flexibility index (Phi) is 8.02. The molecule has 1 aliphatic rings. The number of aromatic amines is 1. The molecule has 0 saturated carbocycles. The molecule has 1 saturated heterocycles. The molecule has 0 aliphatic carbocycles. The van der Waals surface area contributed by atoms with Crippen LogP contribution in [0.25, 0.3) is 22.2 Å². The van der Waals surface area contributed by atoms with Crippen LogP contribution in [0.15, 0.2) is 48.9 Å². The van der Waals surface area contributed by atoms with Gasteiger partial charge < -0.3 is 25.1 Å². The van der Waals surface area contributed by atoms with Gasteiger partial charge in [0.2, 0.25) is 5.95 Å². The number of H-pyrrole nitrogens is 1. The van der Waals surface area contributed by atoms with Crippen molar-refractivity contribution >= 4 is 35.2 Å². The van der Waals surface area contributed by atoms with E-state index in [-0.39, 0.29) is 12.4 Å². The summed E-state index contributed by atoms with van der Waals surface area (Å²) in [5.41, 5.74) is 4.67. The number of piperazine rings is 1.